The molecule has 0 unspecified atom stereocenters. The number of ether oxygens (including phenoxy) is 1. The molecule has 0 spiro atoms. The molecule has 0 aromatic heterocycles. The first-order valence-electron chi connectivity index (χ1n) is 6.83. The maximum absolute atomic E-state index is 11.8. The number of Topliss-reactive ketones (excluding diaryl/α,β-unsaturated/α-hetero) is 1. The van der Waals surface area contributed by atoms with E-state index < -0.39 is 11.9 Å². The van der Waals surface area contributed by atoms with Crippen molar-refractivity contribution in [3.63, 3.8) is 0 Å². The molecule has 2 N–H and O–H groups in total. The number of carbonyl (C=O) groups is 2. The Morgan fingerprint density at radius 2 is 2.00 bits per heavy atom. The van der Waals surface area contributed by atoms with Crippen molar-refractivity contribution in [2.45, 2.75) is 19.3 Å². The predicted octanol–water partition coefficient (Wildman–Crippen LogP) is 2.74. The van der Waals surface area contributed by atoms with Gasteiger partial charge in [0.15, 0.2) is 5.78 Å². The summed E-state index contributed by atoms with van der Waals surface area (Å²) in [6, 6.07) is 9.43. The van der Waals surface area contributed by atoms with Crippen molar-refractivity contribution in [1.29, 1.82) is 0 Å². The number of benzene rings is 2. The Hall–Kier alpha value is -2.82. The third kappa shape index (κ3) is 2.30. The van der Waals surface area contributed by atoms with Gasteiger partial charge < -0.3 is 14.9 Å². The minimum Gasteiger partial charge on any atom is -0.508 e. The van der Waals surface area contributed by atoms with Crippen molar-refractivity contribution in [1.82, 2.24) is 0 Å². The summed E-state index contributed by atoms with van der Waals surface area (Å²) >= 11 is 0. The summed E-state index contributed by atoms with van der Waals surface area (Å²) in [5.74, 6) is -1.02. The van der Waals surface area contributed by atoms with E-state index in [0.717, 1.165) is 0 Å². The van der Waals surface area contributed by atoms with Crippen LogP contribution >= 0.6 is 0 Å². The quantitative estimate of drug-likeness (QED) is 0.506. The second-order valence-electron chi connectivity index (χ2n) is 5.26. The van der Waals surface area contributed by atoms with Crippen LogP contribution in [0.25, 0.3) is 0 Å². The van der Waals surface area contributed by atoms with Gasteiger partial charge in [0.25, 0.3) is 0 Å². The molecule has 0 bridgehead atoms. The van der Waals surface area contributed by atoms with Crippen LogP contribution in [0.3, 0.4) is 0 Å². The Morgan fingerprint density at radius 1 is 1.23 bits per heavy atom. The minimum absolute atomic E-state index is 0.0331. The van der Waals surface area contributed by atoms with E-state index in [1.54, 1.807) is 12.1 Å². The molecule has 1 heterocycles. The molecule has 0 amide bonds. The zero-order valence-electron chi connectivity index (χ0n) is 11.9. The standard InChI is InChI=1S/C17H14O5/c1-9(18)12-5-6-14-16(17(12)21)13(8-15(20)22-14)10-3-2-4-11(19)7-10/h2-7,13,19,21H,8H2,1H3/t13-/m0/s1. The molecule has 2 aromatic rings. The first-order chi connectivity index (χ1) is 10.5. The molecule has 1 aliphatic rings. The van der Waals surface area contributed by atoms with E-state index in [1.807, 2.05) is 0 Å². The van der Waals surface area contributed by atoms with E-state index in [1.165, 1.54) is 31.2 Å². The number of hydrogen-bond acceptors (Lipinski definition) is 5. The lowest BCUT2D eigenvalue weighted by atomic mass is 9.84. The lowest BCUT2D eigenvalue weighted by Gasteiger charge is -2.26. The normalized spacial score (nSPS) is 16.8. The lowest BCUT2D eigenvalue weighted by Crippen LogP contribution is -2.21. The first kappa shape index (κ1) is 14.1. The topological polar surface area (TPSA) is 83.8 Å². The number of phenolic OH excluding ortho intramolecular Hbond substituents is 2. The molecule has 5 heteroatoms. The fraction of sp³-hybridized carbons (Fsp3) is 0.176. The van der Waals surface area contributed by atoms with Crippen LogP contribution in [0.1, 0.15) is 40.7 Å². The third-order valence-corrected chi connectivity index (χ3v) is 3.77. The lowest BCUT2D eigenvalue weighted by molar-refractivity contribution is -0.135. The second-order valence-corrected chi connectivity index (χ2v) is 5.26. The summed E-state index contributed by atoms with van der Waals surface area (Å²) in [7, 11) is 0. The van der Waals surface area contributed by atoms with Gasteiger partial charge in [0.05, 0.1) is 12.0 Å². The second kappa shape index (κ2) is 5.18. The van der Waals surface area contributed by atoms with Gasteiger partial charge >= 0.3 is 5.97 Å². The van der Waals surface area contributed by atoms with Crippen LogP contribution in [0.5, 0.6) is 17.2 Å². The van der Waals surface area contributed by atoms with Crippen molar-refractivity contribution < 1.29 is 24.5 Å². The fourth-order valence-corrected chi connectivity index (χ4v) is 2.76. The minimum atomic E-state index is -0.470. The van der Waals surface area contributed by atoms with Gasteiger partial charge in [-0.05, 0) is 36.8 Å². The summed E-state index contributed by atoms with van der Waals surface area (Å²) in [5, 5.41) is 20.1. The molecule has 5 nitrogen and oxygen atoms in total. The van der Waals surface area contributed by atoms with Crippen molar-refractivity contribution in [2.75, 3.05) is 0 Å². The van der Waals surface area contributed by atoms with Gasteiger partial charge in [0.1, 0.15) is 17.2 Å². The summed E-state index contributed by atoms with van der Waals surface area (Å²) in [5.41, 5.74) is 1.26. The number of esters is 1. The number of aromatic hydroxyl groups is 2. The van der Waals surface area contributed by atoms with Crippen LogP contribution in [0.4, 0.5) is 0 Å². The molecule has 0 aliphatic carbocycles. The van der Waals surface area contributed by atoms with Gasteiger partial charge in [-0.1, -0.05) is 12.1 Å². The molecular weight excluding hydrogens is 284 g/mol. The van der Waals surface area contributed by atoms with Crippen LogP contribution in [-0.4, -0.2) is 22.0 Å². The van der Waals surface area contributed by atoms with Gasteiger partial charge in [0, 0.05) is 11.5 Å². The zero-order chi connectivity index (χ0) is 15.9. The van der Waals surface area contributed by atoms with Crippen LogP contribution in [0.2, 0.25) is 0 Å². The van der Waals surface area contributed by atoms with Crippen molar-refractivity contribution in [2.24, 2.45) is 0 Å². The number of fused-ring (bicyclic) bond motifs is 1. The summed E-state index contributed by atoms with van der Waals surface area (Å²) in [6.07, 6.45) is 0.0331. The van der Waals surface area contributed by atoms with Crippen LogP contribution in [0, 0.1) is 0 Å². The van der Waals surface area contributed by atoms with E-state index in [9.17, 15) is 19.8 Å². The van der Waals surface area contributed by atoms with Crippen LogP contribution in [-0.2, 0) is 4.79 Å². The van der Waals surface area contributed by atoms with Crippen molar-refractivity contribution in [3.8, 4) is 17.2 Å². The molecule has 0 fully saturated rings. The van der Waals surface area contributed by atoms with Gasteiger partial charge in [-0.15, -0.1) is 0 Å². The molecule has 1 atom stereocenters. The Bertz CT molecular complexity index is 779. The van der Waals surface area contributed by atoms with Crippen LogP contribution < -0.4 is 4.74 Å². The molecule has 0 radical (unpaired) electrons. The number of carbonyl (C=O) groups excluding carboxylic acids is 2. The van der Waals surface area contributed by atoms with E-state index >= 15 is 0 Å². The molecule has 0 saturated carbocycles. The third-order valence-electron chi connectivity index (χ3n) is 3.77. The number of rotatable bonds is 2. The number of hydrogen-bond donors (Lipinski definition) is 2. The Morgan fingerprint density at radius 3 is 2.68 bits per heavy atom. The van der Waals surface area contributed by atoms with Gasteiger partial charge in [-0.3, -0.25) is 9.59 Å². The maximum atomic E-state index is 11.8. The summed E-state index contributed by atoms with van der Waals surface area (Å²) in [6.45, 7) is 1.36. The van der Waals surface area contributed by atoms with Gasteiger partial charge in [0.2, 0.25) is 0 Å². The Labute approximate surface area is 126 Å². The molecule has 1 aliphatic heterocycles. The summed E-state index contributed by atoms with van der Waals surface area (Å²) in [4.78, 5) is 23.4. The Kier molecular flexibility index (Phi) is 3.33. The van der Waals surface area contributed by atoms with Gasteiger partial charge in [-0.25, -0.2) is 0 Å². The average Bonchev–Trinajstić information content (AvgIpc) is 2.46. The maximum Gasteiger partial charge on any atom is 0.312 e. The highest BCUT2D eigenvalue weighted by molar-refractivity contribution is 5.98. The van der Waals surface area contributed by atoms with Gasteiger partial charge in [-0.2, -0.15) is 0 Å². The molecule has 112 valence electrons. The highest BCUT2D eigenvalue weighted by Gasteiger charge is 2.32. The molecule has 3 rings (SSSR count). The van der Waals surface area contributed by atoms with E-state index in [4.69, 9.17) is 4.74 Å². The van der Waals surface area contributed by atoms with Crippen LogP contribution in [0.15, 0.2) is 36.4 Å². The molecule has 2 aromatic carbocycles. The summed E-state index contributed by atoms with van der Waals surface area (Å²) < 4.78 is 5.16. The van der Waals surface area contributed by atoms with E-state index in [-0.39, 0.29) is 35.0 Å². The molecule has 22 heavy (non-hydrogen) atoms. The predicted molar refractivity (Wildman–Crippen MR) is 78.3 cm³/mol. The molecule has 0 saturated heterocycles. The monoisotopic (exact) mass is 298 g/mol. The van der Waals surface area contributed by atoms with Crippen molar-refractivity contribution >= 4 is 11.8 Å². The van der Waals surface area contributed by atoms with Crippen molar-refractivity contribution in [3.05, 3.63) is 53.1 Å². The SMILES string of the molecule is CC(=O)c1ccc2c(c1O)[C@H](c1cccc(O)c1)CC(=O)O2. The highest BCUT2D eigenvalue weighted by Crippen LogP contribution is 2.45. The number of ketones is 1. The average molecular weight is 298 g/mol. The molecular formula is C17H14O5. The first-order valence-corrected chi connectivity index (χ1v) is 6.83. The highest BCUT2D eigenvalue weighted by atomic mass is 16.5. The zero-order valence-corrected chi connectivity index (χ0v) is 11.9. The largest absolute Gasteiger partial charge is 0.508 e. The smallest absolute Gasteiger partial charge is 0.312 e. The fourth-order valence-electron chi connectivity index (χ4n) is 2.76. The van der Waals surface area contributed by atoms with E-state index in [0.29, 0.717) is 11.1 Å². The Balaban J connectivity index is 2.21. The van der Waals surface area contributed by atoms with E-state index in [2.05, 4.69) is 0 Å². The number of phenols is 2.